The molecule has 2 unspecified atom stereocenters. The number of aliphatic hydroxyl groups excluding tert-OH is 9. The summed E-state index contributed by atoms with van der Waals surface area (Å²) in [5.74, 6) is -2.53. The van der Waals surface area contributed by atoms with Crippen LogP contribution in [0.15, 0.2) is 0 Å². The summed E-state index contributed by atoms with van der Waals surface area (Å²) in [5, 5.41) is 92.2. The molecule has 3 saturated heterocycles. The van der Waals surface area contributed by atoms with Crippen LogP contribution in [0.5, 0.6) is 0 Å². The van der Waals surface area contributed by atoms with Gasteiger partial charge in [0.15, 0.2) is 12.4 Å². The molecule has 1 spiro atoms. The van der Waals surface area contributed by atoms with Crippen LogP contribution in [-0.2, 0) is 23.7 Å². The van der Waals surface area contributed by atoms with Gasteiger partial charge >= 0.3 is 5.97 Å². The number of hydrogen-bond donors (Lipinski definition) is 12. The van der Waals surface area contributed by atoms with Crippen molar-refractivity contribution in [2.45, 2.75) is 104 Å². The molecule has 0 aromatic rings. The van der Waals surface area contributed by atoms with E-state index in [2.05, 4.69) is 0 Å². The predicted molar refractivity (Wildman–Crippen MR) is 111 cm³/mol. The van der Waals surface area contributed by atoms with Gasteiger partial charge in [0.1, 0.15) is 61.0 Å². The van der Waals surface area contributed by atoms with Crippen molar-refractivity contribution >= 4 is 0 Å². The SMILES string of the molecule is N[C@H](CO)[C@H]1O[C@@]2(O[C@@H]3[C@@H](OC4[C@@H](O)[C@H](N)C(O)[C@H](N)[C@H]4O)O[C@H](CO)[C@H](O)[C@@H]3O2)[C@H](O)[C@H](O)[C@@H]1O. The van der Waals surface area contributed by atoms with Gasteiger partial charge < -0.3 is 86.8 Å². The second-order valence-electron chi connectivity index (χ2n) is 9.57. The fourth-order valence-electron chi connectivity index (χ4n) is 4.99. The lowest BCUT2D eigenvalue weighted by Gasteiger charge is -2.47. The van der Waals surface area contributed by atoms with Crippen LogP contribution in [-0.4, -0.2) is 163 Å². The van der Waals surface area contributed by atoms with Gasteiger partial charge in [0.25, 0.3) is 0 Å². The van der Waals surface area contributed by atoms with Gasteiger partial charge in [-0.2, -0.15) is 0 Å². The van der Waals surface area contributed by atoms with E-state index < -0.39 is 117 Å². The first-order chi connectivity index (χ1) is 16.9. The first-order valence-corrected chi connectivity index (χ1v) is 11.5. The molecule has 1 aliphatic carbocycles. The van der Waals surface area contributed by atoms with Gasteiger partial charge in [-0.15, -0.1) is 0 Å². The van der Waals surface area contributed by atoms with Crippen molar-refractivity contribution in [2.75, 3.05) is 13.2 Å². The third kappa shape index (κ3) is 4.46. The number of fused-ring (bicyclic) bond motifs is 1. The third-order valence-corrected chi connectivity index (χ3v) is 7.25. The van der Waals surface area contributed by atoms with E-state index in [0.717, 1.165) is 0 Å². The molecule has 1 saturated carbocycles. The van der Waals surface area contributed by atoms with E-state index >= 15 is 0 Å². The van der Waals surface area contributed by atoms with Crippen LogP contribution >= 0.6 is 0 Å². The molecular weight excluding hydrogens is 494 g/mol. The van der Waals surface area contributed by atoms with E-state index in [0.29, 0.717) is 0 Å². The summed E-state index contributed by atoms with van der Waals surface area (Å²) in [6, 6.07) is -3.85. The predicted octanol–water partition coefficient (Wildman–Crippen LogP) is -8.56. The maximum absolute atomic E-state index is 10.7. The minimum atomic E-state index is -2.53. The van der Waals surface area contributed by atoms with Crippen molar-refractivity contribution in [2.24, 2.45) is 17.2 Å². The van der Waals surface area contributed by atoms with E-state index in [1.165, 1.54) is 0 Å². The maximum atomic E-state index is 10.7. The first kappa shape index (κ1) is 28.3. The zero-order chi connectivity index (χ0) is 26.7. The molecule has 3 heterocycles. The standard InChI is InChI=1S/C19H35N3O14/c20-3(1-23)13-11(29)12(30)17(31)19(34-13)35-15-7(25)4(2-24)32-18(16(15)36-19)33-14-9(27)5(21)8(26)6(22)10(14)28/h3-18,23-31H,1-2,20-22H2/t3-,4-,5-,6+,7+,8?,9+,10-,11+,12-,13-,14?,15+,16+,17-,18-,19+/m1/s1. The smallest absolute Gasteiger partial charge is 0.314 e. The van der Waals surface area contributed by atoms with E-state index in [1.54, 1.807) is 0 Å². The second-order valence-corrected chi connectivity index (χ2v) is 9.57. The minimum absolute atomic E-state index is 0.679. The van der Waals surface area contributed by atoms with Crippen LogP contribution in [0, 0.1) is 0 Å². The summed E-state index contributed by atoms with van der Waals surface area (Å²) in [6.45, 7) is -1.42. The third-order valence-electron chi connectivity index (χ3n) is 7.25. The van der Waals surface area contributed by atoms with E-state index in [1.807, 2.05) is 0 Å². The molecule has 0 bridgehead atoms. The highest BCUT2D eigenvalue weighted by Gasteiger charge is 2.67. The van der Waals surface area contributed by atoms with Crippen LogP contribution < -0.4 is 17.2 Å². The Kier molecular flexibility index (Phi) is 8.24. The second kappa shape index (κ2) is 10.5. The molecule has 17 nitrogen and oxygen atoms in total. The van der Waals surface area contributed by atoms with Crippen LogP contribution in [0.3, 0.4) is 0 Å². The molecule has 3 aliphatic heterocycles. The largest absolute Gasteiger partial charge is 0.395 e. The van der Waals surface area contributed by atoms with Crippen LogP contribution in [0.4, 0.5) is 0 Å². The molecule has 17 heteroatoms. The number of rotatable bonds is 5. The van der Waals surface area contributed by atoms with Gasteiger partial charge in [0, 0.05) is 0 Å². The van der Waals surface area contributed by atoms with Crippen molar-refractivity contribution < 1.29 is 69.6 Å². The Morgan fingerprint density at radius 3 is 1.89 bits per heavy atom. The molecule has 4 fully saturated rings. The highest BCUT2D eigenvalue weighted by molar-refractivity contribution is 5.06. The number of hydrogen-bond acceptors (Lipinski definition) is 17. The van der Waals surface area contributed by atoms with Gasteiger partial charge in [-0.25, -0.2) is 0 Å². The molecule has 17 atom stereocenters. The summed E-state index contributed by atoms with van der Waals surface area (Å²) >= 11 is 0. The molecule has 36 heavy (non-hydrogen) atoms. The molecule has 4 rings (SSSR count). The quantitative estimate of drug-likeness (QED) is 0.157. The molecule has 4 aliphatic rings. The van der Waals surface area contributed by atoms with Crippen molar-refractivity contribution in [1.82, 2.24) is 0 Å². The topological polar surface area (TPSA) is 306 Å². The summed E-state index contributed by atoms with van der Waals surface area (Å²) in [4.78, 5) is 0. The Hall–Kier alpha value is -0.680. The van der Waals surface area contributed by atoms with E-state index in [-0.39, 0.29) is 0 Å². The molecule has 0 amide bonds. The Morgan fingerprint density at radius 1 is 0.750 bits per heavy atom. The normalized spacial score (nSPS) is 56.5. The number of aliphatic hydroxyl groups is 9. The van der Waals surface area contributed by atoms with Gasteiger partial charge in [-0.05, 0) is 0 Å². The lowest BCUT2D eigenvalue weighted by Crippen LogP contribution is -2.71. The van der Waals surface area contributed by atoms with Crippen molar-refractivity contribution in [1.29, 1.82) is 0 Å². The van der Waals surface area contributed by atoms with Crippen LogP contribution in [0.1, 0.15) is 0 Å². The first-order valence-electron chi connectivity index (χ1n) is 11.5. The van der Waals surface area contributed by atoms with Crippen molar-refractivity contribution in [3.63, 3.8) is 0 Å². The summed E-state index contributed by atoms with van der Waals surface area (Å²) in [5.41, 5.74) is 17.3. The molecule has 0 aromatic heterocycles. The van der Waals surface area contributed by atoms with Gasteiger partial charge in [0.2, 0.25) is 0 Å². The Labute approximate surface area is 204 Å². The number of ether oxygens (including phenoxy) is 5. The molecule has 210 valence electrons. The lowest BCUT2D eigenvalue weighted by molar-refractivity contribution is -0.439. The number of nitrogens with two attached hydrogens (primary N) is 3. The van der Waals surface area contributed by atoms with Crippen molar-refractivity contribution in [3.8, 4) is 0 Å². The average molecular weight is 529 g/mol. The van der Waals surface area contributed by atoms with Crippen LogP contribution in [0.2, 0.25) is 0 Å². The summed E-state index contributed by atoms with van der Waals surface area (Å²) in [6.07, 6.45) is -20.9. The molecule has 15 N–H and O–H groups in total. The Balaban J connectivity index is 1.63. The van der Waals surface area contributed by atoms with E-state index in [9.17, 15) is 46.0 Å². The maximum Gasteiger partial charge on any atom is 0.314 e. The zero-order valence-electron chi connectivity index (χ0n) is 19.0. The van der Waals surface area contributed by atoms with Crippen molar-refractivity contribution in [3.05, 3.63) is 0 Å². The summed E-state index contributed by atoms with van der Waals surface area (Å²) in [7, 11) is 0. The van der Waals surface area contributed by atoms with Crippen LogP contribution in [0.25, 0.3) is 0 Å². The van der Waals surface area contributed by atoms with E-state index in [4.69, 9.17) is 40.9 Å². The van der Waals surface area contributed by atoms with Gasteiger partial charge in [-0.3, -0.25) is 0 Å². The monoisotopic (exact) mass is 529 g/mol. The molecule has 0 radical (unpaired) electrons. The fourth-order valence-corrected chi connectivity index (χ4v) is 4.99. The molecule has 0 aromatic carbocycles. The average Bonchev–Trinajstić information content (AvgIpc) is 3.27. The molecular formula is C19H35N3O14. The fraction of sp³-hybridized carbons (Fsp3) is 1.00. The summed E-state index contributed by atoms with van der Waals surface area (Å²) < 4.78 is 28.3. The van der Waals surface area contributed by atoms with Gasteiger partial charge in [-0.1, -0.05) is 0 Å². The lowest BCUT2D eigenvalue weighted by atomic mass is 9.82. The zero-order valence-corrected chi connectivity index (χ0v) is 19.0. The highest BCUT2D eigenvalue weighted by Crippen LogP contribution is 2.45. The highest BCUT2D eigenvalue weighted by atomic mass is 16.9. The Bertz CT molecular complexity index is 755. The Morgan fingerprint density at radius 2 is 1.33 bits per heavy atom. The van der Waals surface area contributed by atoms with Gasteiger partial charge in [0.05, 0.1) is 37.4 Å². The minimum Gasteiger partial charge on any atom is -0.395 e.